The van der Waals surface area contributed by atoms with Crippen molar-refractivity contribution in [2.75, 3.05) is 37.0 Å². The molecule has 0 aliphatic rings. The molecule has 2 rings (SSSR count). The molecule has 6 heteroatoms. The fraction of sp³-hybridized carbons (Fsp3) is 0.381. The minimum absolute atomic E-state index is 0.123. The van der Waals surface area contributed by atoms with Crippen molar-refractivity contribution in [1.29, 1.82) is 0 Å². The number of hydrogen-bond acceptors (Lipinski definition) is 5. The topological polar surface area (TPSA) is 68.8 Å². The minimum Gasteiger partial charge on any atom is -0.491 e. The molecule has 27 heavy (non-hydrogen) atoms. The van der Waals surface area contributed by atoms with Crippen molar-refractivity contribution in [3.05, 3.63) is 48.5 Å². The Balaban J connectivity index is 1.73. The van der Waals surface area contributed by atoms with Gasteiger partial charge in [0.2, 0.25) is 5.91 Å². The maximum absolute atomic E-state index is 12.1. The second-order valence-corrected chi connectivity index (χ2v) is 6.16. The fourth-order valence-corrected chi connectivity index (χ4v) is 2.31. The highest BCUT2D eigenvalue weighted by Crippen LogP contribution is 2.17. The number of ether oxygens (including phenoxy) is 3. The fourth-order valence-electron chi connectivity index (χ4n) is 2.31. The van der Waals surface area contributed by atoms with Crippen molar-refractivity contribution >= 4 is 17.3 Å². The van der Waals surface area contributed by atoms with Crippen LogP contribution in [0.25, 0.3) is 0 Å². The molecule has 2 aromatic rings. The Morgan fingerprint density at radius 2 is 1.56 bits per heavy atom. The Kier molecular flexibility index (Phi) is 8.45. The first-order valence-electron chi connectivity index (χ1n) is 9.18. The Bertz CT molecular complexity index is 684. The molecule has 0 radical (unpaired) electrons. The van der Waals surface area contributed by atoms with Gasteiger partial charge in [0.1, 0.15) is 18.1 Å². The lowest BCUT2D eigenvalue weighted by Gasteiger charge is -2.11. The van der Waals surface area contributed by atoms with Gasteiger partial charge in [0.05, 0.1) is 19.3 Å². The maximum atomic E-state index is 12.1. The summed E-state index contributed by atoms with van der Waals surface area (Å²) in [7, 11) is 0. The van der Waals surface area contributed by atoms with Gasteiger partial charge in [0.25, 0.3) is 0 Å². The normalized spacial score (nSPS) is 10.5. The molecule has 0 saturated heterocycles. The van der Waals surface area contributed by atoms with Crippen LogP contribution in [0, 0.1) is 0 Å². The van der Waals surface area contributed by atoms with E-state index in [9.17, 15) is 4.79 Å². The van der Waals surface area contributed by atoms with Gasteiger partial charge in [-0.25, -0.2) is 0 Å². The zero-order valence-electron chi connectivity index (χ0n) is 16.2. The van der Waals surface area contributed by atoms with E-state index in [1.165, 1.54) is 0 Å². The molecule has 0 fully saturated rings. The van der Waals surface area contributed by atoms with E-state index in [0.717, 1.165) is 22.9 Å². The third kappa shape index (κ3) is 8.00. The standard InChI is InChI=1S/C21H28N2O4/c1-4-25-13-14-26-19-9-7-18(8-10-19)23-21(24)15-22-17-5-11-20(12-6-17)27-16(2)3/h5-12,16,22H,4,13-15H2,1-3H3,(H,23,24). The second-order valence-electron chi connectivity index (χ2n) is 6.16. The van der Waals surface area contributed by atoms with Crippen molar-refractivity contribution in [2.45, 2.75) is 26.9 Å². The summed E-state index contributed by atoms with van der Waals surface area (Å²) in [4.78, 5) is 12.1. The van der Waals surface area contributed by atoms with Crippen LogP contribution in [0.5, 0.6) is 11.5 Å². The first kappa shape index (κ1) is 20.6. The quantitative estimate of drug-likeness (QED) is 0.585. The van der Waals surface area contributed by atoms with Gasteiger partial charge in [-0.15, -0.1) is 0 Å². The summed E-state index contributed by atoms with van der Waals surface area (Å²) in [6.07, 6.45) is 0.135. The molecule has 0 aromatic heterocycles. The van der Waals surface area contributed by atoms with E-state index in [1.54, 1.807) is 0 Å². The highest BCUT2D eigenvalue weighted by Gasteiger charge is 2.04. The average Bonchev–Trinajstić information content (AvgIpc) is 2.65. The van der Waals surface area contributed by atoms with Crippen molar-refractivity contribution in [3.8, 4) is 11.5 Å². The Labute approximate surface area is 160 Å². The van der Waals surface area contributed by atoms with Crippen LogP contribution in [0.15, 0.2) is 48.5 Å². The molecule has 0 saturated carbocycles. The van der Waals surface area contributed by atoms with Gasteiger partial charge >= 0.3 is 0 Å². The highest BCUT2D eigenvalue weighted by atomic mass is 16.5. The Morgan fingerprint density at radius 3 is 2.19 bits per heavy atom. The summed E-state index contributed by atoms with van der Waals surface area (Å²) in [6, 6.07) is 14.8. The van der Waals surface area contributed by atoms with Gasteiger partial charge < -0.3 is 24.8 Å². The number of amides is 1. The van der Waals surface area contributed by atoms with Crippen LogP contribution in [0.3, 0.4) is 0 Å². The number of carbonyl (C=O) groups is 1. The van der Waals surface area contributed by atoms with Gasteiger partial charge in [-0.3, -0.25) is 4.79 Å². The van der Waals surface area contributed by atoms with Crippen LogP contribution in [0.1, 0.15) is 20.8 Å². The maximum Gasteiger partial charge on any atom is 0.243 e. The van der Waals surface area contributed by atoms with Gasteiger partial charge in [-0.1, -0.05) is 0 Å². The Morgan fingerprint density at radius 1 is 0.926 bits per heavy atom. The van der Waals surface area contributed by atoms with E-state index in [1.807, 2.05) is 69.3 Å². The molecular weight excluding hydrogens is 344 g/mol. The van der Waals surface area contributed by atoms with Crippen LogP contribution in [0.4, 0.5) is 11.4 Å². The van der Waals surface area contributed by atoms with Gasteiger partial charge in [-0.2, -0.15) is 0 Å². The lowest BCUT2D eigenvalue weighted by molar-refractivity contribution is -0.114. The summed E-state index contributed by atoms with van der Waals surface area (Å²) in [5.74, 6) is 1.43. The summed E-state index contributed by atoms with van der Waals surface area (Å²) < 4.78 is 16.4. The molecule has 0 heterocycles. The Hall–Kier alpha value is -2.73. The van der Waals surface area contributed by atoms with Crippen LogP contribution in [-0.4, -0.2) is 38.4 Å². The van der Waals surface area contributed by atoms with E-state index < -0.39 is 0 Å². The summed E-state index contributed by atoms with van der Waals surface area (Å²) in [6.45, 7) is 7.83. The molecule has 0 unspecified atom stereocenters. The van der Waals surface area contributed by atoms with Crippen molar-refractivity contribution < 1.29 is 19.0 Å². The highest BCUT2D eigenvalue weighted by molar-refractivity contribution is 5.93. The number of benzene rings is 2. The lowest BCUT2D eigenvalue weighted by Crippen LogP contribution is -2.21. The number of carbonyl (C=O) groups excluding carboxylic acids is 1. The molecule has 0 aliphatic heterocycles. The van der Waals surface area contributed by atoms with Crippen LogP contribution >= 0.6 is 0 Å². The number of rotatable bonds is 11. The van der Waals surface area contributed by atoms with Crippen molar-refractivity contribution in [2.24, 2.45) is 0 Å². The van der Waals surface area contributed by atoms with Crippen molar-refractivity contribution in [3.63, 3.8) is 0 Å². The van der Waals surface area contributed by atoms with Gasteiger partial charge in [0.15, 0.2) is 0 Å². The van der Waals surface area contributed by atoms with E-state index in [0.29, 0.717) is 19.8 Å². The molecule has 0 spiro atoms. The predicted molar refractivity (Wildman–Crippen MR) is 108 cm³/mol. The molecule has 1 amide bonds. The van der Waals surface area contributed by atoms with Crippen LogP contribution in [-0.2, 0) is 9.53 Å². The zero-order valence-corrected chi connectivity index (χ0v) is 16.2. The molecular formula is C21H28N2O4. The van der Waals surface area contributed by atoms with Crippen molar-refractivity contribution in [1.82, 2.24) is 0 Å². The number of anilines is 2. The third-order valence-corrected chi connectivity index (χ3v) is 3.52. The zero-order chi connectivity index (χ0) is 19.5. The molecule has 2 aromatic carbocycles. The first-order valence-corrected chi connectivity index (χ1v) is 9.18. The SMILES string of the molecule is CCOCCOc1ccc(NC(=O)CNc2ccc(OC(C)C)cc2)cc1. The molecule has 0 bridgehead atoms. The minimum atomic E-state index is -0.123. The summed E-state index contributed by atoms with van der Waals surface area (Å²) >= 11 is 0. The van der Waals surface area contributed by atoms with Gasteiger partial charge in [0, 0.05) is 18.0 Å². The summed E-state index contributed by atoms with van der Waals surface area (Å²) in [5, 5.41) is 5.94. The van der Waals surface area contributed by atoms with Gasteiger partial charge in [-0.05, 0) is 69.3 Å². The lowest BCUT2D eigenvalue weighted by atomic mass is 10.3. The summed E-state index contributed by atoms with van der Waals surface area (Å²) in [5.41, 5.74) is 1.58. The molecule has 146 valence electrons. The smallest absolute Gasteiger partial charge is 0.243 e. The molecule has 6 nitrogen and oxygen atoms in total. The third-order valence-electron chi connectivity index (χ3n) is 3.52. The van der Waals surface area contributed by atoms with E-state index in [4.69, 9.17) is 14.2 Å². The molecule has 0 aliphatic carbocycles. The first-order chi connectivity index (χ1) is 13.1. The van der Waals surface area contributed by atoms with E-state index in [2.05, 4.69) is 10.6 Å². The molecule has 2 N–H and O–H groups in total. The number of hydrogen-bond donors (Lipinski definition) is 2. The largest absolute Gasteiger partial charge is 0.491 e. The van der Waals surface area contributed by atoms with E-state index >= 15 is 0 Å². The number of nitrogens with one attached hydrogen (secondary N) is 2. The van der Waals surface area contributed by atoms with E-state index in [-0.39, 0.29) is 18.6 Å². The van der Waals surface area contributed by atoms with Crippen LogP contribution < -0.4 is 20.1 Å². The second kappa shape index (κ2) is 11.1. The monoisotopic (exact) mass is 372 g/mol. The van der Waals surface area contributed by atoms with Crippen LogP contribution in [0.2, 0.25) is 0 Å². The molecule has 0 atom stereocenters. The predicted octanol–water partition coefficient (Wildman–Crippen LogP) is 3.94. The average molecular weight is 372 g/mol.